The molecule has 5 heteroatoms. The van der Waals surface area contributed by atoms with Gasteiger partial charge in [-0.25, -0.2) is 0 Å². The standard InChI is InChI=1S/C16H23NO4/c1-12(2)10-17(11-16(19)20)8-9-21-15-7-5-4-6-14(15)13(3)18/h4-7,12H,8-11H2,1-3H3,(H,19,20). The van der Waals surface area contributed by atoms with Gasteiger partial charge in [0.15, 0.2) is 5.78 Å². The largest absolute Gasteiger partial charge is 0.491 e. The number of benzene rings is 1. The van der Waals surface area contributed by atoms with Crippen molar-refractivity contribution < 1.29 is 19.4 Å². The fourth-order valence-corrected chi connectivity index (χ4v) is 2.11. The molecule has 0 heterocycles. The Morgan fingerprint density at radius 2 is 1.95 bits per heavy atom. The van der Waals surface area contributed by atoms with Crippen molar-refractivity contribution in [1.29, 1.82) is 0 Å². The quantitative estimate of drug-likeness (QED) is 0.708. The molecule has 0 spiro atoms. The van der Waals surface area contributed by atoms with Gasteiger partial charge >= 0.3 is 5.97 Å². The van der Waals surface area contributed by atoms with Gasteiger partial charge in [-0.05, 0) is 25.0 Å². The highest BCUT2D eigenvalue weighted by Crippen LogP contribution is 2.18. The van der Waals surface area contributed by atoms with Crippen LogP contribution in [0.2, 0.25) is 0 Å². The molecule has 0 bridgehead atoms. The number of hydrogen-bond donors (Lipinski definition) is 1. The SMILES string of the molecule is CC(=O)c1ccccc1OCCN(CC(=O)O)CC(C)C. The van der Waals surface area contributed by atoms with Crippen LogP contribution in [0.5, 0.6) is 5.75 Å². The van der Waals surface area contributed by atoms with E-state index < -0.39 is 5.97 Å². The molecule has 0 aliphatic carbocycles. The Kier molecular flexibility index (Phi) is 6.88. The Morgan fingerprint density at radius 3 is 2.52 bits per heavy atom. The van der Waals surface area contributed by atoms with Gasteiger partial charge in [0.25, 0.3) is 0 Å². The third kappa shape index (κ3) is 6.40. The van der Waals surface area contributed by atoms with E-state index in [1.54, 1.807) is 18.2 Å². The molecule has 0 unspecified atom stereocenters. The van der Waals surface area contributed by atoms with E-state index >= 15 is 0 Å². The summed E-state index contributed by atoms with van der Waals surface area (Å²) in [6.45, 7) is 7.14. The summed E-state index contributed by atoms with van der Waals surface area (Å²) in [5.74, 6) is 0.0358. The molecule has 116 valence electrons. The Hall–Kier alpha value is -1.88. The van der Waals surface area contributed by atoms with Crippen LogP contribution < -0.4 is 4.74 Å². The summed E-state index contributed by atoms with van der Waals surface area (Å²) in [7, 11) is 0. The lowest BCUT2D eigenvalue weighted by Gasteiger charge is -2.22. The summed E-state index contributed by atoms with van der Waals surface area (Å²) < 4.78 is 5.64. The zero-order valence-corrected chi connectivity index (χ0v) is 12.8. The monoisotopic (exact) mass is 293 g/mol. The third-order valence-electron chi connectivity index (χ3n) is 2.91. The Morgan fingerprint density at radius 1 is 1.29 bits per heavy atom. The fraction of sp³-hybridized carbons (Fsp3) is 0.500. The van der Waals surface area contributed by atoms with Crippen LogP contribution >= 0.6 is 0 Å². The molecule has 0 aliphatic rings. The van der Waals surface area contributed by atoms with Crippen LogP contribution in [0.4, 0.5) is 0 Å². The van der Waals surface area contributed by atoms with E-state index in [-0.39, 0.29) is 12.3 Å². The molecule has 5 nitrogen and oxygen atoms in total. The van der Waals surface area contributed by atoms with Crippen LogP contribution in [0.1, 0.15) is 31.1 Å². The van der Waals surface area contributed by atoms with Crippen LogP contribution in [0, 0.1) is 5.92 Å². The number of para-hydroxylation sites is 1. The van der Waals surface area contributed by atoms with Gasteiger partial charge in [0.2, 0.25) is 0 Å². The number of rotatable bonds is 9. The molecule has 0 radical (unpaired) electrons. The zero-order valence-electron chi connectivity index (χ0n) is 12.8. The van der Waals surface area contributed by atoms with Crippen molar-refractivity contribution in [3.8, 4) is 5.75 Å². The minimum Gasteiger partial charge on any atom is -0.491 e. The van der Waals surface area contributed by atoms with Crippen molar-refractivity contribution >= 4 is 11.8 Å². The molecule has 0 fully saturated rings. The minimum absolute atomic E-state index is 0.00407. The number of carboxylic acids is 1. The lowest BCUT2D eigenvalue weighted by atomic mass is 10.1. The summed E-state index contributed by atoms with van der Waals surface area (Å²) in [6, 6.07) is 7.07. The van der Waals surface area contributed by atoms with E-state index in [0.29, 0.717) is 36.9 Å². The summed E-state index contributed by atoms with van der Waals surface area (Å²) in [6.07, 6.45) is 0. The molecular weight excluding hydrogens is 270 g/mol. The lowest BCUT2D eigenvalue weighted by molar-refractivity contribution is -0.138. The smallest absolute Gasteiger partial charge is 0.317 e. The van der Waals surface area contributed by atoms with E-state index in [9.17, 15) is 9.59 Å². The molecule has 0 aromatic heterocycles. The Balaban J connectivity index is 2.57. The highest BCUT2D eigenvalue weighted by Gasteiger charge is 2.12. The number of carbonyl (C=O) groups is 2. The number of Topliss-reactive ketones (excluding diaryl/α,β-unsaturated/α-hetero) is 1. The van der Waals surface area contributed by atoms with Gasteiger partial charge in [-0.3, -0.25) is 14.5 Å². The van der Waals surface area contributed by atoms with Gasteiger partial charge in [0.1, 0.15) is 12.4 Å². The summed E-state index contributed by atoms with van der Waals surface area (Å²) >= 11 is 0. The molecule has 1 N–H and O–H groups in total. The molecule has 0 amide bonds. The number of ether oxygens (including phenoxy) is 1. The maximum atomic E-state index is 11.5. The maximum absolute atomic E-state index is 11.5. The van der Waals surface area contributed by atoms with E-state index in [1.165, 1.54) is 6.92 Å². The van der Waals surface area contributed by atoms with Gasteiger partial charge < -0.3 is 9.84 Å². The number of carbonyl (C=O) groups excluding carboxylic acids is 1. The van der Waals surface area contributed by atoms with E-state index in [1.807, 2.05) is 24.8 Å². The van der Waals surface area contributed by atoms with Gasteiger partial charge in [-0.15, -0.1) is 0 Å². The topological polar surface area (TPSA) is 66.8 Å². The van der Waals surface area contributed by atoms with Gasteiger partial charge in [-0.1, -0.05) is 26.0 Å². The van der Waals surface area contributed by atoms with Crippen LogP contribution in [0.15, 0.2) is 24.3 Å². The lowest BCUT2D eigenvalue weighted by Crippen LogP contribution is -2.36. The number of nitrogens with zero attached hydrogens (tertiary/aromatic N) is 1. The maximum Gasteiger partial charge on any atom is 0.317 e. The van der Waals surface area contributed by atoms with Crippen molar-refractivity contribution in [3.63, 3.8) is 0 Å². The van der Waals surface area contributed by atoms with Gasteiger partial charge in [0.05, 0.1) is 12.1 Å². The second-order valence-electron chi connectivity index (χ2n) is 5.42. The first-order valence-electron chi connectivity index (χ1n) is 7.07. The van der Waals surface area contributed by atoms with Crippen molar-refractivity contribution in [1.82, 2.24) is 4.90 Å². The zero-order chi connectivity index (χ0) is 15.8. The van der Waals surface area contributed by atoms with E-state index in [4.69, 9.17) is 9.84 Å². The number of carboxylic acid groups (broad SMARTS) is 1. The molecule has 0 saturated carbocycles. The predicted octanol–water partition coefficient (Wildman–Crippen LogP) is 2.31. The molecule has 0 atom stereocenters. The highest BCUT2D eigenvalue weighted by molar-refractivity contribution is 5.96. The third-order valence-corrected chi connectivity index (χ3v) is 2.91. The van der Waals surface area contributed by atoms with E-state index in [0.717, 1.165) is 0 Å². The van der Waals surface area contributed by atoms with E-state index in [2.05, 4.69) is 0 Å². The van der Waals surface area contributed by atoms with Crippen LogP contribution in [-0.4, -0.2) is 48.0 Å². The molecule has 1 aromatic carbocycles. The summed E-state index contributed by atoms with van der Waals surface area (Å²) in [4.78, 5) is 24.2. The van der Waals surface area contributed by atoms with Crippen molar-refractivity contribution in [2.75, 3.05) is 26.2 Å². The summed E-state index contributed by atoms with van der Waals surface area (Å²) in [5.41, 5.74) is 0.547. The van der Waals surface area contributed by atoms with Crippen LogP contribution in [-0.2, 0) is 4.79 Å². The van der Waals surface area contributed by atoms with Crippen molar-refractivity contribution in [3.05, 3.63) is 29.8 Å². The van der Waals surface area contributed by atoms with Crippen molar-refractivity contribution in [2.45, 2.75) is 20.8 Å². The minimum atomic E-state index is -0.847. The molecular formula is C16H23NO4. The molecule has 1 rings (SSSR count). The molecule has 21 heavy (non-hydrogen) atoms. The molecule has 1 aromatic rings. The Labute approximate surface area is 125 Å². The summed E-state index contributed by atoms with van der Waals surface area (Å²) in [5, 5.41) is 8.90. The van der Waals surface area contributed by atoms with Gasteiger partial charge in [-0.2, -0.15) is 0 Å². The first-order valence-corrected chi connectivity index (χ1v) is 7.07. The van der Waals surface area contributed by atoms with Crippen molar-refractivity contribution in [2.24, 2.45) is 5.92 Å². The first kappa shape index (κ1) is 17.2. The van der Waals surface area contributed by atoms with Crippen LogP contribution in [0.25, 0.3) is 0 Å². The van der Waals surface area contributed by atoms with Crippen LogP contribution in [0.3, 0.4) is 0 Å². The normalized spacial score (nSPS) is 10.9. The number of hydrogen-bond acceptors (Lipinski definition) is 4. The fourth-order valence-electron chi connectivity index (χ4n) is 2.11. The number of ketones is 1. The highest BCUT2D eigenvalue weighted by atomic mass is 16.5. The predicted molar refractivity (Wildman–Crippen MR) is 80.9 cm³/mol. The molecule has 0 saturated heterocycles. The Bertz CT molecular complexity index is 485. The average molecular weight is 293 g/mol. The second kappa shape index (κ2) is 8.42. The molecule has 0 aliphatic heterocycles. The second-order valence-corrected chi connectivity index (χ2v) is 5.42. The first-order chi connectivity index (χ1) is 9.90. The number of aliphatic carboxylic acids is 1. The average Bonchev–Trinajstić information content (AvgIpc) is 2.37. The van der Waals surface area contributed by atoms with Gasteiger partial charge in [0, 0.05) is 13.1 Å².